The van der Waals surface area contributed by atoms with Gasteiger partial charge in [0.25, 0.3) is 11.8 Å². The third-order valence-electron chi connectivity index (χ3n) is 13.6. The predicted octanol–water partition coefficient (Wildman–Crippen LogP) is 10.0. The Labute approximate surface area is 454 Å². The van der Waals surface area contributed by atoms with Gasteiger partial charge in [0, 0.05) is 96.1 Å². The second kappa shape index (κ2) is 25.4. The van der Waals surface area contributed by atoms with E-state index in [1.807, 2.05) is 43.0 Å². The molecule has 17 heteroatoms. The van der Waals surface area contributed by atoms with Crippen LogP contribution in [0.15, 0.2) is 116 Å². The van der Waals surface area contributed by atoms with Crippen molar-refractivity contribution >= 4 is 52.7 Å². The number of carbonyl (C=O) groups excluding carboxylic acids is 4. The Morgan fingerprint density at radius 3 is 2.45 bits per heavy atom. The Kier molecular flexibility index (Phi) is 17.7. The number of aryl methyl sites for hydroxylation is 3. The number of nitrogens with zero attached hydrogens (tertiary/aromatic N) is 7. The van der Waals surface area contributed by atoms with Crippen molar-refractivity contribution in [3.63, 3.8) is 0 Å². The number of carbonyl (C=O) groups is 4. The van der Waals surface area contributed by atoms with Crippen LogP contribution in [0.1, 0.15) is 100 Å². The highest BCUT2D eigenvalue weighted by Gasteiger charge is 2.45. The summed E-state index contributed by atoms with van der Waals surface area (Å²) >= 11 is 0. The molecule has 1 fully saturated rings. The Bertz CT molecular complexity index is 3370. The number of nitrogens with one attached hydrogen (secondary N) is 3. The average Bonchev–Trinajstić information content (AvgIpc) is 4.21. The first-order valence-electron chi connectivity index (χ1n) is 26.5. The summed E-state index contributed by atoms with van der Waals surface area (Å²) in [6, 6.07) is 24.8. The highest BCUT2D eigenvalue weighted by Crippen LogP contribution is 2.37. The average molecular weight is 1050 g/mol. The second-order valence-electron chi connectivity index (χ2n) is 19.2. The quantitative estimate of drug-likeness (QED) is 0.0360. The van der Waals surface area contributed by atoms with Gasteiger partial charge in [-0.2, -0.15) is 0 Å². The molecule has 4 amide bonds. The van der Waals surface area contributed by atoms with Gasteiger partial charge in [-0.05, 0) is 116 Å². The molecule has 1 atom stereocenters. The number of rotatable bonds is 25. The van der Waals surface area contributed by atoms with Crippen molar-refractivity contribution in [2.45, 2.75) is 79.0 Å². The largest absolute Gasteiger partial charge is 0.493 e. The molecule has 6 heterocycles. The van der Waals surface area contributed by atoms with Gasteiger partial charge in [0.1, 0.15) is 17.5 Å². The molecule has 0 bridgehead atoms. The van der Waals surface area contributed by atoms with Crippen molar-refractivity contribution in [2.24, 2.45) is 0 Å². The summed E-state index contributed by atoms with van der Waals surface area (Å²) in [5, 5.41) is 17.5. The van der Waals surface area contributed by atoms with Crippen LogP contribution in [-0.4, -0.2) is 104 Å². The van der Waals surface area contributed by atoms with Crippen molar-refractivity contribution < 1.29 is 33.4 Å². The lowest BCUT2D eigenvalue weighted by molar-refractivity contribution is -0.136. The topological polar surface area (TPSA) is 205 Å². The zero-order valence-corrected chi connectivity index (χ0v) is 44.5. The molecular formula is C61H64N10O7. The van der Waals surface area contributed by atoms with E-state index in [0.29, 0.717) is 57.4 Å². The standard InChI is InChI=1S/C61H64N10O7/c1-6-26-78-54-33-47(18-19-49(54)57-41(5)30-46(36-65-57)58-43(32-45(35-66-58)44-11-9-22-62-34-44)17-16-42-15-14-40(4)51(31-42)39(3)7-2)63-23-10-25-70-37-48(68-69-70)38-77-29-28-76-27-24-64-52-13-8-12-50-56(52)61(75)71(60(50)74)53-20-21-55(72)67-59(53)73/h8-9,11-19,22,30-37,53,63-64H,3,6-7,10,20-21,23-29,38H2,1-2,4-5H3,(H,67,72,73)/b17-16+. The maximum Gasteiger partial charge on any atom is 0.264 e. The SMILES string of the molecule is C=C(CC)c1cc(/C=C/c2cc(-c3cccnc3)cnc2-c2cnc(-c3ccc(NCCCn4cc(COCCOCCNc5cccc6c5C(=O)N(C5CCC(=O)NC5=O)C6=O)nn4)cc3OCCC)c(C)c2)ccc1C. The van der Waals surface area contributed by atoms with Crippen LogP contribution in [0.5, 0.6) is 5.75 Å². The third kappa shape index (κ3) is 12.8. The summed E-state index contributed by atoms with van der Waals surface area (Å²) in [7, 11) is 0. The Hall–Kier alpha value is -8.67. The number of anilines is 2. The van der Waals surface area contributed by atoms with Crippen LogP contribution in [0.4, 0.5) is 11.4 Å². The number of hydrogen-bond donors (Lipinski definition) is 3. The zero-order valence-electron chi connectivity index (χ0n) is 44.5. The van der Waals surface area contributed by atoms with Crippen molar-refractivity contribution in [1.82, 2.24) is 40.2 Å². The molecule has 400 valence electrons. The molecule has 0 spiro atoms. The fraction of sp³-hybridized carbons (Fsp3) is 0.295. The van der Waals surface area contributed by atoms with E-state index in [2.05, 4.69) is 120 Å². The fourth-order valence-electron chi connectivity index (χ4n) is 9.49. The van der Waals surface area contributed by atoms with Crippen molar-refractivity contribution in [1.29, 1.82) is 0 Å². The zero-order chi connectivity index (χ0) is 54.5. The normalized spacial score (nSPS) is 14.3. The molecular weight excluding hydrogens is 985 g/mol. The van der Waals surface area contributed by atoms with Gasteiger partial charge in [-0.25, -0.2) is 0 Å². The predicted molar refractivity (Wildman–Crippen MR) is 301 cm³/mol. The molecule has 2 aliphatic heterocycles. The van der Waals surface area contributed by atoms with E-state index in [4.69, 9.17) is 24.2 Å². The summed E-state index contributed by atoms with van der Waals surface area (Å²) < 4.78 is 19.7. The molecule has 78 heavy (non-hydrogen) atoms. The first kappa shape index (κ1) is 54.1. The molecule has 2 aliphatic rings. The minimum atomic E-state index is -1.03. The van der Waals surface area contributed by atoms with E-state index in [-0.39, 0.29) is 30.6 Å². The number of ether oxygens (including phenoxy) is 3. The summed E-state index contributed by atoms with van der Waals surface area (Å²) in [6.07, 6.45) is 16.2. The van der Waals surface area contributed by atoms with Crippen LogP contribution in [0.25, 0.3) is 51.4 Å². The molecule has 3 aromatic carbocycles. The van der Waals surface area contributed by atoms with Gasteiger partial charge >= 0.3 is 0 Å². The lowest BCUT2D eigenvalue weighted by atomic mass is 9.96. The van der Waals surface area contributed by atoms with E-state index >= 15 is 0 Å². The smallest absolute Gasteiger partial charge is 0.264 e. The van der Waals surface area contributed by atoms with Gasteiger partial charge < -0.3 is 24.8 Å². The lowest BCUT2D eigenvalue weighted by Crippen LogP contribution is -2.54. The number of piperidine rings is 1. The highest BCUT2D eigenvalue weighted by molar-refractivity contribution is 6.25. The summed E-state index contributed by atoms with van der Waals surface area (Å²) in [4.78, 5) is 65.9. The van der Waals surface area contributed by atoms with Gasteiger partial charge in [-0.15, -0.1) is 5.10 Å². The van der Waals surface area contributed by atoms with E-state index in [1.165, 1.54) is 11.1 Å². The number of amides is 4. The van der Waals surface area contributed by atoms with Crippen LogP contribution in [0.3, 0.4) is 0 Å². The fourth-order valence-corrected chi connectivity index (χ4v) is 9.49. The van der Waals surface area contributed by atoms with Crippen molar-refractivity contribution in [3.8, 4) is 39.4 Å². The molecule has 4 aromatic heterocycles. The monoisotopic (exact) mass is 1050 g/mol. The molecule has 17 nitrogen and oxygen atoms in total. The maximum atomic E-state index is 13.3. The second-order valence-corrected chi connectivity index (χ2v) is 19.2. The molecule has 1 saturated heterocycles. The molecule has 9 rings (SSSR count). The third-order valence-corrected chi connectivity index (χ3v) is 13.6. The van der Waals surface area contributed by atoms with E-state index in [0.717, 1.165) is 91.5 Å². The van der Waals surface area contributed by atoms with Crippen LogP contribution in [0, 0.1) is 13.8 Å². The van der Waals surface area contributed by atoms with E-state index in [1.54, 1.807) is 29.1 Å². The Morgan fingerprint density at radius 2 is 1.64 bits per heavy atom. The van der Waals surface area contributed by atoms with Gasteiger partial charge in [0.15, 0.2) is 0 Å². The summed E-state index contributed by atoms with van der Waals surface area (Å²) in [5.74, 6) is -1.43. The Balaban J connectivity index is 0.748. The number of imide groups is 2. The van der Waals surface area contributed by atoms with Gasteiger partial charge in [-0.1, -0.05) is 62.1 Å². The van der Waals surface area contributed by atoms with Crippen LogP contribution in [0.2, 0.25) is 0 Å². The molecule has 3 N–H and O–H groups in total. The first-order valence-corrected chi connectivity index (χ1v) is 26.5. The molecule has 7 aromatic rings. The highest BCUT2D eigenvalue weighted by atomic mass is 16.5. The van der Waals surface area contributed by atoms with E-state index in [9.17, 15) is 19.2 Å². The molecule has 0 saturated carbocycles. The van der Waals surface area contributed by atoms with Gasteiger partial charge in [-0.3, -0.25) is 49.0 Å². The number of pyridine rings is 3. The molecule has 0 aliphatic carbocycles. The maximum absolute atomic E-state index is 13.3. The van der Waals surface area contributed by atoms with Gasteiger partial charge in [0.05, 0.1) is 61.7 Å². The van der Waals surface area contributed by atoms with Crippen LogP contribution < -0.4 is 20.7 Å². The number of aromatic nitrogens is 6. The minimum Gasteiger partial charge on any atom is -0.493 e. The molecule has 1 unspecified atom stereocenters. The van der Waals surface area contributed by atoms with Gasteiger partial charge in [0.2, 0.25) is 11.8 Å². The van der Waals surface area contributed by atoms with Crippen molar-refractivity contribution in [3.05, 3.63) is 161 Å². The number of benzene rings is 3. The van der Waals surface area contributed by atoms with Crippen molar-refractivity contribution in [2.75, 3.05) is 50.2 Å². The summed E-state index contributed by atoms with van der Waals surface area (Å²) in [6.45, 7) is 16.3. The van der Waals surface area contributed by atoms with Crippen LogP contribution >= 0.6 is 0 Å². The Morgan fingerprint density at radius 1 is 0.795 bits per heavy atom. The number of fused-ring (bicyclic) bond motifs is 1. The van der Waals surface area contributed by atoms with E-state index < -0.39 is 29.7 Å². The minimum absolute atomic E-state index is 0.0565. The first-order chi connectivity index (χ1) is 38.0. The van der Waals surface area contributed by atoms with Crippen LogP contribution in [-0.2, 0) is 32.2 Å². The number of hydrogen-bond acceptors (Lipinski definition) is 14. The number of allylic oxidation sites excluding steroid dienone is 1. The lowest BCUT2D eigenvalue weighted by Gasteiger charge is -2.27. The summed E-state index contributed by atoms with van der Waals surface area (Å²) in [5.41, 5.74) is 14.5. The molecule has 0 radical (unpaired) electrons.